The van der Waals surface area contributed by atoms with Crippen molar-refractivity contribution in [1.29, 1.82) is 0 Å². The SMILES string of the molecule is Cc1ccc(C(C)NC2CCCC2)s1. The Labute approximate surface area is 90.5 Å². The number of hydrogen-bond acceptors (Lipinski definition) is 2. The molecule has 0 aromatic carbocycles. The van der Waals surface area contributed by atoms with Crippen LogP contribution in [0.4, 0.5) is 0 Å². The first-order chi connectivity index (χ1) is 6.75. The summed E-state index contributed by atoms with van der Waals surface area (Å²) in [4.78, 5) is 2.90. The molecule has 1 nitrogen and oxygen atoms in total. The minimum Gasteiger partial charge on any atom is -0.307 e. The van der Waals surface area contributed by atoms with Crippen molar-refractivity contribution >= 4 is 11.3 Å². The van der Waals surface area contributed by atoms with E-state index in [1.807, 2.05) is 11.3 Å². The molecule has 1 saturated carbocycles. The van der Waals surface area contributed by atoms with Gasteiger partial charge in [-0.25, -0.2) is 0 Å². The van der Waals surface area contributed by atoms with Gasteiger partial charge in [0, 0.05) is 21.8 Å². The fraction of sp³-hybridized carbons (Fsp3) is 0.667. The molecule has 1 aliphatic carbocycles. The highest BCUT2D eigenvalue weighted by atomic mass is 32.1. The maximum atomic E-state index is 3.72. The standard InChI is InChI=1S/C12H19NS/c1-9-7-8-12(14-9)10(2)13-11-5-3-4-6-11/h7-8,10-11,13H,3-6H2,1-2H3. The first-order valence-corrected chi connectivity index (χ1v) is 6.40. The predicted octanol–water partition coefficient (Wildman–Crippen LogP) is 3.65. The molecule has 1 aliphatic rings. The van der Waals surface area contributed by atoms with E-state index in [0.717, 1.165) is 6.04 Å². The number of thiophene rings is 1. The highest BCUT2D eigenvalue weighted by Crippen LogP contribution is 2.25. The van der Waals surface area contributed by atoms with Crippen molar-refractivity contribution in [3.63, 3.8) is 0 Å². The van der Waals surface area contributed by atoms with Gasteiger partial charge in [-0.2, -0.15) is 0 Å². The van der Waals surface area contributed by atoms with Gasteiger partial charge in [-0.05, 0) is 38.8 Å². The molecule has 1 unspecified atom stereocenters. The van der Waals surface area contributed by atoms with Gasteiger partial charge in [0.15, 0.2) is 0 Å². The third-order valence-corrected chi connectivity index (χ3v) is 4.21. The van der Waals surface area contributed by atoms with Gasteiger partial charge in [0.25, 0.3) is 0 Å². The Hall–Kier alpha value is -0.340. The van der Waals surface area contributed by atoms with Crippen LogP contribution in [-0.4, -0.2) is 6.04 Å². The van der Waals surface area contributed by atoms with Crippen LogP contribution in [0.2, 0.25) is 0 Å². The Kier molecular flexibility index (Phi) is 3.24. The summed E-state index contributed by atoms with van der Waals surface area (Å²) in [7, 11) is 0. The average molecular weight is 209 g/mol. The van der Waals surface area contributed by atoms with E-state index in [-0.39, 0.29) is 0 Å². The zero-order valence-electron chi connectivity index (χ0n) is 9.05. The fourth-order valence-corrected chi connectivity index (χ4v) is 3.10. The van der Waals surface area contributed by atoms with E-state index >= 15 is 0 Å². The molecule has 0 spiro atoms. The Bertz CT molecular complexity index is 286. The van der Waals surface area contributed by atoms with Crippen LogP contribution in [0.1, 0.15) is 48.4 Å². The van der Waals surface area contributed by atoms with E-state index in [2.05, 4.69) is 31.3 Å². The second-order valence-electron chi connectivity index (χ2n) is 4.32. The molecular weight excluding hydrogens is 190 g/mol. The Balaban J connectivity index is 1.91. The van der Waals surface area contributed by atoms with Gasteiger partial charge in [-0.3, -0.25) is 0 Å². The van der Waals surface area contributed by atoms with Crippen LogP contribution < -0.4 is 5.32 Å². The predicted molar refractivity (Wildman–Crippen MR) is 62.9 cm³/mol. The molecule has 0 aliphatic heterocycles. The van der Waals surface area contributed by atoms with Crippen molar-refractivity contribution in [2.75, 3.05) is 0 Å². The second kappa shape index (κ2) is 4.45. The lowest BCUT2D eigenvalue weighted by molar-refractivity contribution is 0.465. The molecule has 2 heteroatoms. The third kappa shape index (κ3) is 2.37. The van der Waals surface area contributed by atoms with Gasteiger partial charge >= 0.3 is 0 Å². The summed E-state index contributed by atoms with van der Waals surface area (Å²) >= 11 is 1.92. The van der Waals surface area contributed by atoms with E-state index in [9.17, 15) is 0 Å². The summed E-state index contributed by atoms with van der Waals surface area (Å²) in [5.74, 6) is 0. The summed E-state index contributed by atoms with van der Waals surface area (Å²) < 4.78 is 0. The lowest BCUT2D eigenvalue weighted by atomic mass is 10.2. The average Bonchev–Trinajstić information content (AvgIpc) is 2.75. The van der Waals surface area contributed by atoms with Crippen molar-refractivity contribution in [2.45, 2.75) is 51.6 Å². The van der Waals surface area contributed by atoms with Crippen LogP contribution in [0.25, 0.3) is 0 Å². The largest absolute Gasteiger partial charge is 0.307 e. The summed E-state index contributed by atoms with van der Waals surface area (Å²) in [6, 6.07) is 5.78. The Morgan fingerprint density at radius 1 is 1.36 bits per heavy atom. The zero-order chi connectivity index (χ0) is 9.97. The van der Waals surface area contributed by atoms with Crippen LogP contribution in [0.3, 0.4) is 0 Å². The molecule has 2 rings (SSSR count). The number of nitrogens with one attached hydrogen (secondary N) is 1. The first-order valence-electron chi connectivity index (χ1n) is 5.58. The minimum atomic E-state index is 0.539. The van der Waals surface area contributed by atoms with Crippen molar-refractivity contribution in [1.82, 2.24) is 5.32 Å². The molecule has 1 N–H and O–H groups in total. The maximum absolute atomic E-state index is 3.72. The smallest absolute Gasteiger partial charge is 0.0388 e. The maximum Gasteiger partial charge on any atom is 0.0388 e. The molecular formula is C12H19NS. The normalized spacial score (nSPS) is 20.1. The summed E-state index contributed by atoms with van der Waals surface area (Å²) in [6.07, 6.45) is 5.56. The van der Waals surface area contributed by atoms with E-state index in [1.54, 1.807) is 0 Å². The second-order valence-corrected chi connectivity index (χ2v) is 5.64. The molecule has 1 heterocycles. The first kappa shape index (κ1) is 10.2. The van der Waals surface area contributed by atoms with Crippen LogP contribution in [0, 0.1) is 6.92 Å². The van der Waals surface area contributed by atoms with Gasteiger partial charge in [0.2, 0.25) is 0 Å². The molecule has 0 radical (unpaired) electrons. The van der Waals surface area contributed by atoms with Gasteiger partial charge in [0.1, 0.15) is 0 Å². The van der Waals surface area contributed by atoms with Gasteiger partial charge in [-0.1, -0.05) is 12.8 Å². The highest BCUT2D eigenvalue weighted by molar-refractivity contribution is 7.12. The number of hydrogen-bond donors (Lipinski definition) is 1. The van der Waals surface area contributed by atoms with E-state index in [4.69, 9.17) is 0 Å². The molecule has 0 amide bonds. The van der Waals surface area contributed by atoms with Gasteiger partial charge in [-0.15, -0.1) is 11.3 Å². The Morgan fingerprint density at radius 3 is 2.64 bits per heavy atom. The number of aryl methyl sites for hydroxylation is 1. The van der Waals surface area contributed by atoms with Crippen LogP contribution in [0.15, 0.2) is 12.1 Å². The number of rotatable bonds is 3. The van der Waals surface area contributed by atoms with Crippen molar-refractivity contribution in [2.24, 2.45) is 0 Å². The van der Waals surface area contributed by atoms with Crippen LogP contribution in [-0.2, 0) is 0 Å². The van der Waals surface area contributed by atoms with E-state index in [0.29, 0.717) is 6.04 Å². The Morgan fingerprint density at radius 2 is 2.07 bits per heavy atom. The van der Waals surface area contributed by atoms with Crippen molar-refractivity contribution < 1.29 is 0 Å². The van der Waals surface area contributed by atoms with Crippen molar-refractivity contribution in [3.05, 3.63) is 21.9 Å². The van der Waals surface area contributed by atoms with Gasteiger partial charge in [0.05, 0.1) is 0 Å². The van der Waals surface area contributed by atoms with Crippen molar-refractivity contribution in [3.8, 4) is 0 Å². The summed E-state index contributed by atoms with van der Waals surface area (Å²) in [5.41, 5.74) is 0. The summed E-state index contributed by atoms with van der Waals surface area (Å²) in [5, 5.41) is 3.72. The molecule has 1 fully saturated rings. The molecule has 0 bridgehead atoms. The fourth-order valence-electron chi connectivity index (χ4n) is 2.21. The van der Waals surface area contributed by atoms with E-state index in [1.165, 1.54) is 35.4 Å². The molecule has 1 aromatic rings. The minimum absolute atomic E-state index is 0.539. The topological polar surface area (TPSA) is 12.0 Å². The lowest BCUT2D eigenvalue weighted by Crippen LogP contribution is -2.28. The quantitative estimate of drug-likeness (QED) is 0.801. The molecule has 14 heavy (non-hydrogen) atoms. The summed E-state index contributed by atoms with van der Waals surface area (Å²) in [6.45, 7) is 4.46. The third-order valence-electron chi connectivity index (χ3n) is 3.03. The molecule has 1 aromatic heterocycles. The van der Waals surface area contributed by atoms with Crippen LogP contribution >= 0.6 is 11.3 Å². The zero-order valence-corrected chi connectivity index (χ0v) is 9.86. The lowest BCUT2D eigenvalue weighted by Gasteiger charge is -2.17. The van der Waals surface area contributed by atoms with E-state index < -0.39 is 0 Å². The van der Waals surface area contributed by atoms with Crippen LogP contribution in [0.5, 0.6) is 0 Å². The molecule has 1 atom stereocenters. The molecule has 78 valence electrons. The van der Waals surface area contributed by atoms with Gasteiger partial charge < -0.3 is 5.32 Å². The monoisotopic (exact) mass is 209 g/mol. The highest BCUT2D eigenvalue weighted by Gasteiger charge is 2.17. The molecule has 0 saturated heterocycles.